The molecule has 7 heteroatoms. The molecular weight excluding hydrogens is 418 g/mol. The fourth-order valence-electron chi connectivity index (χ4n) is 5.34. The van der Waals surface area contributed by atoms with Crippen molar-refractivity contribution in [2.45, 2.75) is 25.0 Å². The zero-order valence-corrected chi connectivity index (χ0v) is 18.2. The lowest BCUT2D eigenvalue weighted by Crippen LogP contribution is -2.55. The number of piperidine rings is 3. The van der Waals surface area contributed by atoms with E-state index in [1.54, 1.807) is 12.3 Å². The molecule has 7 nitrogen and oxygen atoms in total. The van der Waals surface area contributed by atoms with Gasteiger partial charge in [0, 0.05) is 35.8 Å². The van der Waals surface area contributed by atoms with Crippen molar-refractivity contribution in [1.29, 1.82) is 0 Å². The number of para-hydroxylation sites is 1. The summed E-state index contributed by atoms with van der Waals surface area (Å²) in [7, 11) is 0. The largest absolute Gasteiger partial charge is 0.452 e. The molecule has 3 aromatic rings. The van der Waals surface area contributed by atoms with Crippen LogP contribution in [0.1, 0.15) is 34.9 Å². The molecule has 5 atom stereocenters. The second-order valence-electron chi connectivity index (χ2n) is 8.80. The summed E-state index contributed by atoms with van der Waals surface area (Å²) < 4.78 is 6.17. The van der Waals surface area contributed by atoms with Crippen LogP contribution in [0.5, 0.6) is 0 Å². The van der Waals surface area contributed by atoms with Crippen molar-refractivity contribution < 1.29 is 14.5 Å². The van der Waals surface area contributed by atoms with Gasteiger partial charge in [0.1, 0.15) is 6.10 Å². The topological polar surface area (TPSA) is 85.6 Å². The number of fused-ring (bicyclic) bond motifs is 4. The van der Waals surface area contributed by atoms with Crippen LogP contribution in [0.3, 0.4) is 0 Å². The van der Waals surface area contributed by atoms with E-state index in [0.717, 1.165) is 42.4 Å². The first-order valence-corrected chi connectivity index (χ1v) is 11.2. The number of nitrogens with zero attached hydrogens (tertiary/aromatic N) is 3. The maximum absolute atomic E-state index is 13.2. The lowest BCUT2D eigenvalue weighted by Gasteiger charge is -2.51. The maximum Gasteiger partial charge on any atom is 0.339 e. The van der Waals surface area contributed by atoms with Gasteiger partial charge in [-0.2, -0.15) is 0 Å². The summed E-state index contributed by atoms with van der Waals surface area (Å²) in [5, 5.41) is 12.1. The minimum absolute atomic E-state index is 0.0217. The maximum atomic E-state index is 13.2. The lowest BCUT2D eigenvalue weighted by molar-refractivity contribution is -0.384. The van der Waals surface area contributed by atoms with E-state index in [4.69, 9.17) is 4.74 Å². The Hall–Kier alpha value is -3.58. The van der Waals surface area contributed by atoms with Crippen molar-refractivity contribution in [2.24, 2.45) is 11.8 Å². The molecule has 3 aliphatic rings. The van der Waals surface area contributed by atoms with Crippen molar-refractivity contribution >= 4 is 22.6 Å². The van der Waals surface area contributed by atoms with E-state index in [0.29, 0.717) is 11.8 Å². The van der Waals surface area contributed by atoms with Gasteiger partial charge >= 0.3 is 5.97 Å². The molecule has 0 N–H and O–H groups in total. The minimum Gasteiger partial charge on any atom is -0.452 e. The molecule has 3 fully saturated rings. The van der Waals surface area contributed by atoms with Gasteiger partial charge in [-0.15, -0.1) is 6.58 Å². The van der Waals surface area contributed by atoms with Crippen LogP contribution in [-0.2, 0) is 4.74 Å². The van der Waals surface area contributed by atoms with Gasteiger partial charge in [-0.1, -0.05) is 30.3 Å². The highest BCUT2D eigenvalue weighted by Gasteiger charge is 2.44. The molecule has 0 saturated carbocycles. The SMILES string of the molecule is C=C[C@H]1CN2CC[C@H]1C[C@@H]2[C@@H](OC(=O)c1cccc([N+](=O)[O-])c1)c1ccnc2ccccc12. The first-order chi connectivity index (χ1) is 16.0. The monoisotopic (exact) mass is 443 g/mol. The number of pyridine rings is 1. The number of carbonyl (C=O) groups excluding carboxylic acids is 1. The molecule has 6 rings (SSSR count). The van der Waals surface area contributed by atoms with E-state index < -0.39 is 17.0 Å². The first kappa shape index (κ1) is 21.3. The lowest BCUT2D eigenvalue weighted by atomic mass is 9.73. The molecule has 0 spiro atoms. The van der Waals surface area contributed by atoms with Crippen molar-refractivity contribution in [2.75, 3.05) is 13.1 Å². The minimum atomic E-state index is -0.562. The summed E-state index contributed by atoms with van der Waals surface area (Å²) in [5.41, 5.74) is 1.79. The quantitative estimate of drug-likeness (QED) is 0.232. The summed E-state index contributed by atoms with van der Waals surface area (Å²) >= 11 is 0. The molecule has 1 unspecified atom stereocenters. The molecule has 168 valence electrons. The van der Waals surface area contributed by atoms with E-state index in [1.165, 1.54) is 18.2 Å². The highest BCUT2D eigenvalue weighted by molar-refractivity contribution is 5.91. The number of hydrogen-bond donors (Lipinski definition) is 0. The summed E-state index contributed by atoms with van der Waals surface area (Å²) in [4.78, 5) is 30.8. The Labute approximate surface area is 191 Å². The Morgan fingerprint density at radius 1 is 1.24 bits per heavy atom. The number of nitro benzene ring substituents is 1. The van der Waals surface area contributed by atoms with Crippen LogP contribution in [-0.4, -0.2) is 39.9 Å². The number of rotatable bonds is 6. The van der Waals surface area contributed by atoms with Crippen molar-refractivity contribution in [1.82, 2.24) is 9.88 Å². The molecule has 3 aliphatic heterocycles. The fourth-order valence-corrected chi connectivity index (χ4v) is 5.34. The van der Waals surface area contributed by atoms with Gasteiger partial charge in [0.05, 0.1) is 22.0 Å². The Balaban J connectivity index is 1.53. The van der Waals surface area contributed by atoms with Gasteiger partial charge in [0.2, 0.25) is 0 Å². The number of carbonyl (C=O) groups is 1. The molecule has 1 aromatic heterocycles. The first-order valence-electron chi connectivity index (χ1n) is 11.2. The van der Waals surface area contributed by atoms with Crippen LogP contribution < -0.4 is 0 Å². The van der Waals surface area contributed by atoms with Crippen LogP contribution in [0.25, 0.3) is 10.9 Å². The number of hydrogen-bond acceptors (Lipinski definition) is 6. The summed E-state index contributed by atoms with van der Waals surface area (Å²) in [5.74, 6) is 0.384. The Morgan fingerprint density at radius 2 is 2.09 bits per heavy atom. The van der Waals surface area contributed by atoms with Crippen LogP contribution in [0.2, 0.25) is 0 Å². The highest BCUT2D eigenvalue weighted by atomic mass is 16.6. The van der Waals surface area contributed by atoms with Crippen molar-refractivity contribution in [3.05, 3.63) is 94.7 Å². The Morgan fingerprint density at radius 3 is 2.85 bits per heavy atom. The summed E-state index contributed by atoms with van der Waals surface area (Å²) in [6.45, 7) is 5.85. The van der Waals surface area contributed by atoms with E-state index >= 15 is 0 Å². The summed E-state index contributed by atoms with van der Waals surface area (Å²) in [6, 6.07) is 15.5. The standard InChI is InChI=1S/C26H25N3O4/c1-2-17-16-28-13-11-18(17)15-24(28)25(22-10-12-27-23-9-4-3-8-21(22)23)33-26(30)19-6-5-7-20(14-19)29(31)32/h2-10,12,14,17-18,24-25H,1,11,13,15-16H2/t17-,18-,24+,25-/m0/s1. The molecule has 2 bridgehead atoms. The number of ether oxygens (including phenoxy) is 1. The van der Waals surface area contributed by atoms with Gasteiger partial charge in [-0.25, -0.2) is 4.79 Å². The number of non-ortho nitro benzene ring substituents is 1. The fraction of sp³-hybridized carbons (Fsp3) is 0.308. The van der Waals surface area contributed by atoms with Crippen LogP contribution in [0, 0.1) is 22.0 Å². The Bertz CT molecular complexity index is 1220. The van der Waals surface area contributed by atoms with Crippen LogP contribution in [0.4, 0.5) is 5.69 Å². The van der Waals surface area contributed by atoms with Crippen molar-refractivity contribution in [3.8, 4) is 0 Å². The Kier molecular flexibility index (Phi) is 5.64. The van der Waals surface area contributed by atoms with Gasteiger partial charge in [-0.3, -0.25) is 20.0 Å². The third-order valence-corrected chi connectivity index (χ3v) is 7.02. The van der Waals surface area contributed by atoms with E-state index in [2.05, 4.69) is 16.5 Å². The van der Waals surface area contributed by atoms with E-state index in [-0.39, 0.29) is 17.3 Å². The number of esters is 1. The van der Waals surface area contributed by atoms with Crippen molar-refractivity contribution in [3.63, 3.8) is 0 Å². The van der Waals surface area contributed by atoms with E-state index in [9.17, 15) is 14.9 Å². The van der Waals surface area contributed by atoms with Gasteiger partial charge < -0.3 is 4.74 Å². The number of aromatic nitrogens is 1. The van der Waals surface area contributed by atoms with Gasteiger partial charge in [0.15, 0.2) is 0 Å². The second kappa shape index (κ2) is 8.75. The predicted octanol–water partition coefficient (Wildman–Crippen LogP) is 4.94. The smallest absolute Gasteiger partial charge is 0.339 e. The normalized spacial score (nSPS) is 24.8. The molecule has 4 heterocycles. The molecular formula is C26H25N3O4. The third kappa shape index (κ3) is 4.00. The average molecular weight is 444 g/mol. The molecule has 3 saturated heterocycles. The summed E-state index contributed by atoms with van der Waals surface area (Å²) in [6.07, 6.45) is 5.28. The van der Waals surface area contributed by atoms with Crippen LogP contribution >= 0.6 is 0 Å². The van der Waals surface area contributed by atoms with E-state index in [1.807, 2.05) is 36.4 Å². The average Bonchev–Trinajstić information content (AvgIpc) is 2.87. The van der Waals surface area contributed by atoms with Gasteiger partial charge in [0.25, 0.3) is 5.69 Å². The third-order valence-electron chi connectivity index (χ3n) is 7.02. The zero-order chi connectivity index (χ0) is 22.9. The molecule has 0 aliphatic carbocycles. The highest BCUT2D eigenvalue weighted by Crippen LogP contribution is 2.43. The zero-order valence-electron chi connectivity index (χ0n) is 18.2. The predicted molar refractivity (Wildman–Crippen MR) is 125 cm³/mol. The number of nitro groups is 1. The molecule has 0 amide bonds. The molecule has 0 radical (unpaired) electrons. The second-order valence-corrected chi connectivity index (χ2v) is 8.80. The van der Waals surface area contributed by atoms with Crippen LogP contribution in [0.15, 0.2) is 73.4 Å². The number of benzene rings is 2. The molecule has 2 aromatic carbocycles. The molecule has 33 heavy (non-hydrogen) atoms. The van der Waals surface area contributed by atoms with Gasteiger partial charge in [-0.05, 0) is 49.4 Å².